The Morgan fingerprint density at radius 2 is 2.25 bits per heavy atom. The first-order chi connectivity index (χ1) is 5.68. The van der Waals surface area contributed by atoms with Crippen molar-refractivity contribution in [3.63, 3.8) is 0 Å². The van der Waals surface area contributed by atoms with Gasteiger partial charge in [0.25, 0.3) is 6.43 Å². The van der Waals surface area contributed by atoms with E-state index in [0.29, 0.717) is 5.82 Å². The van der Waals surface area contributed by atoms with E-state index in [2.05, 4.69) is 10.3 Å². The monoisotopic (exact) mass is 172 g/mol. The van der Waals surface area contributed by atoms with Gasteiger partial charge in [0.15, 0.2) is 0 Å². The molecule has 0 atom stereocenters. The predicted octanol–water partition coefficient (Wildman–Crippen LogP) is 2.07. The highest BCUT2D eigenvalue weighted by molar-refractivity contribution is 5.34. The van der Waals surface area contributed by atoms with Crippen LogP contribution < -0.4 is 5.32 Å². The van der Waals surface area contributed by atoms with Gasteiger partial charge in [-0.2, -0.15) is 0 Å². The molecular formula is C8H10F2N2. The highest BCUT2D eigenvalue weighted by Gasteiger charge is 2.01. The van der Waals surface area contributed by atoms with Crippen molar-refractivity contribution in [2.75, 3.05) is 11.9 Å². The maximum Gasteiger partial charge on any atom is 0.255 e. The molecule has 0 aromatic carbocycles. The maximum atomic E-state index is 11.7. The fourth-order valence-electron chi connectivity index (χ4n) is 0.754. The third-order valence-electron chi connectivity index (χ3n) is 1.35. The lowest BCUT2D eigenvalue weighted by Gasteiger charge is -2.03. The van der Waals surface area contributed by atoms with Crippen LogP contribution in [0.4, 0.5) is 14.6 Å². The lowest BCUT2D eigenvalue weighted by Crippen LogP contribution is -2.10. The number of rotatable bonds is 3. The second-order valence-corrected chi connectivity index (χ2v) is 2.49. The van der Waals surface area contributed by atoms with Crippen LogP contribution in [0.1, 0.15) is 5.56 Å². The molecular weight excluding hydrogens is 162 g/mol. The molecule has 0 amide bonds. The molecule has 1 heterocycles. The van der Waals surface area contributed by atoms with Crippen LogP contribution in [0.5, 0.6) is 0 Å². The van der Waals surface area contributed by atoms with E-state index < -0.39 is 6.43 Å². The molecule has 0 spiro atoms. The van der Waals surface area contributed by atoms with Crippen LogP contribution in [0.15, 0.2) is 18.3 Å². The van der Waals surface area contributed by atoms with Gasteiger partial charge in [0.2, 0.25) is 0 Å². The standard InChI is InChI=1S/C8H10F2N2/c1-6-2-3-8(11-4-6)12-5-7(9)10/h2-4,7H,5H2,1H3,(H,11,12). The average molecular weight is 172 g/mol. The highest BCUT2D eigenvalue weighted by Crippen LogP contribution is 2.04. The van der Waals surface area contributed by atoms with Crippen LogP contribution in [0.2, 0.25) is 0 Å². The van der Waals surface area contributed by atoms with Gasteiger partial charge in [-0.25, -0.2) is 13.8 Å². The summed E-state index contributed by atoms with van der Waals surface area (Å²) in [5.41, 5.74) is 1.01. The zero-order chi connectivity index (χ0) is 8.97. The topological polar surface area (TPSA) is 24.9 Å². The number of pyridine rings is 1. The smallest absolute Gasteiger partial charge is 0.255 e. The second kappa shape index (κ2) is 3.99. The zero-order valence-corrected chi connectivity index (χ0v) is 6.72. The Bertz CT molecular complexity index is 233. The third kappa shape index (κ3) is 2.82. The molecule has 1 aromatic heterocycles. The summed E-state index contributed by atoms with van der Waals surface area (Å²) in [6.07, 6.45) is -0.707. The normalized spacial score (nSPS) is 10.3. The van der Waals surface area contributed by atoms with Crippen molar-refractivity contribution >= 4 is 5.82 Å². The average Bonchev–Trinajstić information content (AvgIpc) is 2.03. The van der Waals surface area contributed by atoms with Crippen LogP contribution in [0.3, 0.4) is 0 Å². The summed E-state index contributed by atoms with van der Waals surface area (Å²) in [4.78, 5) is 3.91. The number of anilines is 1. The summed E-state index contributed by atoms with van der Waals surface area (Å²) in [7, 11) is 0. The van der Waals surface area contributed by atoms with E-state index in [0.717, 1.165) is 5.56 Å². The Morgan fingerprint density at radius 1 is 1.50 bits per heavy atom. The molecule has 0 unspecified atom stereocenters. The molecule has 1 rings (SSSR count). The quantitative estimate of drug-likeness (QED) is 0.754. The summed E-state index contributed by atoms with van der Waals surface area (Å²) in [5.74, 6) is 0.487. The molecule has 0 radical (unpaired) electrons. The number of nitrogens with one attached hydrogen (secondary N) is 1. The predicted molar refractivity (Wildman–Crippen MR) is 43.5 cm³/mol. The first-order valence-corrected chi connectivity index (χ1v) is 3.63. The van der Waals surface area contributed by atoms with E-state index in [1.54, 1.807) is 12.3 Å². The highest BCUT2D eigenvalue weighted by atomic mass is 19.3. The van der Waals surface area contributed by atoms with Crippen molar-refractivity contribution in [1.82, 2.24) is 4.98 Å². The summed E-state index contributed by atoms with van der Waals surface area (Å²) < 4.78 is 23.4. The van der Waals surface area contributed by atoms with Crippen LogP contribution in [-0.4, -0.2) is 18.0 Å². The lowest BCUT2D eigenvalue weighted by molar-refractivity contribution is 0.163. The van der Waals surface area contributed by atoms with Crippen molar-refractivity contribution in [1.29, 1.82) is 0 Å². The molecule has 0 aliphatic rings. The fourth-order valence-corrected chi connectivity index (χ4v) is 0.754. The van der Waals surface area contributed by atoms with Crippen LogP contribution in [0.25, 0.3) is 0 Å². The molecule has 0 aliphatic carbocycles. The van der Waals surface area contributed by atoms with E-state index >= 15 is 0 Å². The minimum atomic E-state index is -2.34. The van der Waals surface area contributed by atoms with Crippen molar-refractivity contribution in [2.45, 2.75) is 13.3 Å². The molecule has 2 nitrogen and oxygen atoms in total. The van der Waals surface area contributed by atoms with Gasteiger partial charge >= 0.3 is 0 Å². The number of aryl methyl sites for hydroxylation is 1. The largest absolute Gasteiger partial charge is 0.364 e. The van der Waals surface area contributed by atoms with Gasteiger partial charge in [0.05, 0.1) is 6.54 Å². The minimum Gasteiger partial charge on any atom is -0.364 e. The molecule has 0 saturated heterocycles. The van der Waals surface area contributed by atoms with E-state index in [4.69, 9.17) is 0 Å². The van der Waals surface area contributed by atoms with Gasteiger partial charge in [-0.1, -0.05) is 6.07 Å². The van der Waals surface area contributed by atoms with Gasteiger partial charge in [-0.3, -0.25) is 0 Å². The minimum absolute atomic E-state index is 0.351. The number of hydrogen-bond acceptors (Lipinski definition) is 2. The van der Waals surface area contributed by atoms with E-state index in [-0.39, 0.29) is 6.54 Å². The maximum absolute atomic E-state index is 11.7. The SMILES string of the molecule is Cc1ccc(NCC(F)F)nc1. The van der Waals surface area contributed by atoms with Crippen molar-refractivity contribution in [3.05, 3.63) is 23.9 Å². The lowest BCUT2D eigenvalue weighted by atomic mass is 10.3. The first-order valence-electron chi connectivity index (χ1n) is 3.63. The Kier molecular flexibility index (Phi) is 2.96. The first kappa shape index (κ1) is 8.90. The molecule has 66 valence electrons. The van der Waals surface area contributed by atoms with Gasteiger partial charge in [0, 0.05) is 6.20 Å². The van der Waals surface area contributed by atoms with Crippen molar-refractivity contribution < 1.29 is 8.78 Å². The molecule has 1 N–H and O–H groups in total. The van der Waals surface area contributed by atoms with Crippen molar-refractivity contribution in [2.24, 2.45) is 0 Å². The molecule has 0 fully saturated rings. The molecule has 4 heteroatoms. The van der Waals surface area contributed by atoms with E-state index in [1.165, 1.54) is 0 Å². The van der Waals surface area contributed by atoms with E-state index in [9.17, 15) is 8.78 Å². The second-order valence-electron chi connectivity index (χ2n) is 2.49. The van der Waals surface area contributed by atoms with Crippen LogP contribution in [-0.2, 0) is 0 Å². The van der Waals surface area contributed by atoms with Gasteiger partial charge in [-0.05, 0) is 18.6 Å². The van der Waals surface area contributed by atoms with Gasteiger partial charge in [-0.15, -0.1) is 0 Å². The molecule has 0 saturated carbocycles. The summed E-state index contributed by atoms with van der Waals surface area (Å²) >= 11 is 0. The molecule has 0 bridgehead atoms. The summed E-state index contributed by atoms with van der Waals surface area (Å²) in [6, 6.07) is 3.50. The Labute approximate surface area is 69.6 Å². The van der Waals surface area contributed by atoms with Crippen LogP contribution in [0, 0.1) is 6.92 Å². The summed E-state index contributed by atoms with van der Waals surface area (Å²) in [6.45, 7) is 1.54. The fraction of sp³-hybridized carbons (Fsp3) is 0.375. The molecule has 1 aromatic rings. The Hall–Kier alpha value is -1.19. The Balaban J connectivity index is 2.48. The van der Waals surface area contributed by atoms with Crippen molar-refractivity contribution in [3.8, 4) is 0 Å². The summed E-state index contributed by atoms with van der Waals surface area (Å²) in [5, 5.41) is 2.51. The Morgan fingerprint density at radius 3 is 2.75 bits per heavy atom. The number of aromatic nitrogens is 1. The number of nitrogens with zero attached hydrogens (tertiary/aromatic N) is 1. The number of halogens is 2. The van der Waals surface area contributed by atoms with Gasteiger partial charge in [0.1, 0.15) is 5.82 Å². The van der Waals surface area contributed by atoms with E-state index in [1.807, 2.05) is 13.0 Å². The van der Waals surface area contributed by atoms with Gasteiger partial charge < -0.3 is 5.32 Å². The number of hydrogen-bond donors (Lipinski definition) is 1. The molecule has 0 aliphatic heterocycles. The number of alkyl halides is 2. The molecule has 12 heavy (non-hydrogen) atoms. The zero-order valence-electron chi connectivity index (χ0n) is 6.72. The third-order valence-corrected chi connectivity index (χ3v) is 1.35. The van der Waals surface area contributed by atoms with Crippen LogP contribution >= 0.6 is 0 Å².